The van der Waals surface area contributed by atoms with Crippen molar-refractivity contribution in [3.05, 3.63) is 54.1 Å². The molecule has 1 unspecified atom stereocenters. The van der Waals surface area contributed by atoms with Crippen LogP contribution in [0.5, 0.6) is 5.75 Å². The smallest absolute Gasteiger partial charge is 0.491 e. The lowest BCUT2D eigenvalue weighted by molar-refractivity contribution is -0.170. The SMILES string of the molecule is CC(OC(=O)C[C@@H]1C[C@@H](COc2ccc(-c3ccc(C(=N)N)cc3)cc2)NC1=O)OC(=O)OC1CCCCC1. The lowest BCUT2D eigenvalue weighted by atomic mass is 9.98. The molecular weight excluding hydrogens is 502 g/mol. The van der Waals surface area contributed by atoms with Crippen LogP contribution in [0, 0.1) is 11.3 Å². The van der Waals surface area contributed by atoms with Crippen molar-refractivity contribution in [3.8, 4) is 16.9 Å². The minimum Gasteiger partial charge on any atom is -0.491 e. The first-order valence-corrected chi connectivity index (χ1v) is 13.3. The molecule has 4 N–H and O–H groups in total. The molecule has 2 aliphatic rings. The van der Waals surface area contributed by atoms with Crippen LogP contribution in [0.2, 0.25) is 0 Å². The van der Waals surface area contributed by atoms with Gasteiger partial charge in [-0.1, -0.05) is 42.8 Å². The van der Waals surface area contributed by atoms with Crippen LogP contribution >= 0.6 is 0 Å². The highest BCUT2D eigenvalue weighted by atomic mass is 16.8. The molecule has 4 rings (SSSR count). The zero-order valence-corrected chi connectivity index (χ0v) is 22.0. The van der Waals surface area contributed by atoms with Crippen molar-refractivity contribution in [2.24, 2.45) is 11.7 Å². The third-order valence-corrected chi connectivity index (χ3v) is 6.91. The molecule has 1 saturated carbocycles. The molecule has 0 radical (unpaired) electrons. The topological polar surface area (TPSA) is 150 Å². The van der Waals surface area contributed by atoms with Crippen molar-refractivity contribution in [3.63, 3.8) is 0 Å². The molecule has 1 aliphatic heterocycles. The first-order chi connectivity index (χ1) is 18.8. The highest BCUT2D eigenvalue weighted by molar-refractivity contribution is 5.95. The van der Waals surface area contributed by atoms with E-state index in [0.717, 1.165) is 43.2 Å². The summed E-state index contributed by atoms with van der Waals surface area (Å²) < 4.78 is 21.3. The maximum Gasteiger partial charge on any atom is 0.511 e. The van der Waals surface area contributed by atoms with Gasteiger partial charge in [0, 0.05) is 12.5 Å². The zero-order valence-electron chi connectivity index (χ0n) is 22.0. The number of benzene rings is 2. The summed E-state index contributed by atoms with van der Waals surface area (Å²) >= 11 is 0. The number of carbonyl (C=O) groups is 3. The number of amides is 1. The summed E-state index contributed by atoms with van der Waals surface area (Å²) in [6, 6.07) is 14.7. The van der Waals surface area contributed by atoms with E-state index in [4.69, 9.17) is 30.1 Å². The number of hydrogen-bond donors (Lipinski definition) is 3. The second-order valence-corrected chi connectivity index (χ2v) is 9.97. The summed E-state index contributed by atoms with van der Waals surface area (Å²) in [6.45, 7) is 1.70. The molecule has 1 amide bonds. The van der Waals surface area contributed by atoms with Gasteiger partial charge in [-0.15, -0.1) is 0 Å². The predicted molar refractivity (Wildman–Crippen MR) is 143 cm³/mol. The van der Waals surface area contributed by atoms with Crippen molar-refractivity contribution in [1.82, 2.24) is 5.32 Å². The van der Waals surface area contributed by atoms with Gasteiger partial charge in [-0.25, -0.2) is 4.79 Å². The van der Waals surface area contributed by atoms with E-state index in [1.54, 1.807) is 12.1 Å². The van der Waals surface area contributed by atoms with Crippen molar-refractivity contribution in [2.75, 3.05) is 6.61 Å². The van der Waals surface area contributed by atoms with Crippen LogP contribution in [0.4, 0.5) is 4.79 Å². The molecule has 3 atom stereocenters. The zero-order chi connectivity index (χ0) is 27.8. The maximum absolute atomic E-state index is 12.4. The molecule has 208 valence electrons. The van der Waals surface area contributed by atoms with Crippen LogP contribution in [0.25, 0.3) is 11.1 Å². The highest BCUT2D eigenvalue weighted by Gasteiger charge is 2.35. The van der Waals surface area contributed by atoms with Gasteiger partial charge in [0.2, 0.25) is 12.2 Å². The fourth-order valence-electron chi connectivity index (χ4n) is 4.84. The number of esters is 1. The quantitative estimate of drug-likeness (QED) is 0.176. The molecule has 0 aromatic heterocycles. The minimum atomic E-state index is -1.10. The molecule has 1 heterocycles. The Balaban J connectivity index is 1.17. The van der Waals surface area contributed by atoms with E-state index in [2.05, 4.69) is 5.32 Å². The molecule has 10 nitrogen and oxygen atoms in total. The average molecular weight is 538 g/mol. The Labute approximate surface area is 227 Å². The molecule has 1 aliphatic carbocycles. The van der Waals surface area contributed by atoms with Gasteiger partial charge in [0.15, 0.2) is 0 Å². The Morgan fingerprint density at radius 3 is 2.28 bits per heavy atom. The van der Waals surface area contributed by atoms with E-state index < -0.39 is 24.3 Å². The van der Waals surface area contributed by atoms with Crippen LogP contribution in [0.1, 0.15) is 57.4 Å². The second kappa shape index (κ2) is 13.1. The summed E-state index contributed by atoms with van der Waals surface area (Å²) in [5, 5.41) is 10.3. The van der Waals surface area contributed by atoms with Crippen LogP contribution < -0.4 is 15.8 Å². The third kappa shape index (κ3) is 8.20. The van der Waals surface area contributed by atoms with E-state index in [0.29, 0.717) is 17.7 Å². The normalized spacial score (nSPS) is 20.0. The molecule has 2 aromatic carbocycles. The Morgan fingerprint density at radius 1 is 1.00 bits per heavy atom. The predicted octanol–water partition coefficient (Wildman–Crippen LogP) is 4.29. The lowest BCUT2D eigenvalue weighted by Crippen LogP contribution is -2.31. The Bertz CT molecular complexity index is 1160. The van der Waals surface area contributed by atoms with Crippen molar-refractivity contribution < 1.29 is 33.3 Å². The van der Waals surface area contributed by atoms with Crippen LogP contribution in [0.3, 0.4) is 0 Å². The van der Waals surface area contributed by atoms with Gasteiger partial charge in [0.25, 0.3) is 0 Å². The molecule has 2 aromatic rings. The number of nitrogen functional groups attached to an aromatic ring is 1. The van der Waals surface area contributed by atoms with Gasteiger partial charge >= 0.3 is 12.1 Å². The summed E-state index contributed by atoms with van der Waals surface area (Å²) in [4.78, 5) is 36.6. The largest absolute Gasteiger partial charge is 0.511 e. The lowest BCUT2D eigenvalue weighted by Gasteiger charge is -2.22. The summed E-state index contributed by atoms with van der Waals surface area (Å²) in [5.41, 5.74) is 8.16. The van der Waals surface area contributed by atoms with Crippen molar-refractivity contribution in [1.29, 1.82) is 5.41 Å². The number of rotatable bonds is 10. The molecule has 0 spiro atoms. The molecular formula is C29H35N3O7. The van der Waals surface area contributed by atoms with Gasteiger partial charge < -0.3 is 30.0 Å². The fourth-order valence-corrected chi connectivity index (χ4v) is 4.84. The van der Waals surface area contributed by atoms with E-state index in [9.17, 15) is 14.4 Å². The first kappa shape index (κ1) is 27.9. The summed E-state index contributed by atoms with van der Waals surface area (Å²) in [7, 11) is 0. The number of ether oxygens (including phenoxy) is 4. The second-order valence-electron chi connectivity index (χ2n) is 9.97. The molecule has 0 bridgehead atoms. The molecule has 39 heavy (non-hydrogen) atoms. The maximum atomic E-state index is 12.4. The number of amidine groups is 1. The minimum absolute atomic E-state index is 0.0265. The van der Waals surface area contributed by atoms with Gasteiger partial charge in [0.1, 0.15) is 24.3 Å². The number of hydrogen-bond acceptors (Lipinski definition) is 8. The average Bonchev–Trinajstić information content (AvgIpc) is 3.26. The Kier molecular flexibility index (Phi) is 9.40. The monoisotopic (exact) mass is 537 g/mol. The van der Waals surface area contributed by atoms with Crippen LogP contribution in [-0.2, 0) is 23.8 Å². The van der Waals surface area contributed by atoms with Crippen LogP contribution in [-0.4, -0.2) is 48.9 Å². The number of nitrogens with two attached hydrogens (primary N) is 1. The van der Waals surface area contributed by atoms with Crippen molar-refractivity contribution >= 4 is 23.9 Å². The van der Waals surface area contributed by atoms with Crippen molar-refractivity contribution in [2.45, 2.75) is 70.3 Å². The van der Waals surface area contributed by atoms with Gasteiger partial charge in [-0.3, -0.25) is 15.0 Å². The summed E-state index contributed by atoms with van der Waals surface area (Å²) in [5.74, 6) is -0.731. The molecule has 2 fully saturated rings. The van der Waals surface area contributed by atoms with E-state index in [1.807, 2.05) is 36.4 Å². The Hall–Kier alpha value is -4.08. The van der Waals surface area contributed by atoms with E-state index in [-0.39, 0.29) is 36.9 Å². The van der Waals surface area contributed by atoms with Gasteiger partial charge in [-0.2, -0.15) is 0 Å². The first-order valence-electron chi connectivity index (χ1n) is 13.3. The Morgan fingerprint density at radius 2 is 1.64 bits per heavy atom. The molecule has 1 saturated heterocycles. The van der Waals surface area contributed by atoms with E-state index >= 15 is 0 Å². The van der Waals surface area contributed by atoms with Crippen LogP contribution in [0.15, 0.2) is 48.5 Å². The fraction of sp³-hybridized carbons (Fsp3) is 0.448. The number of nitrogens with one attached hydrogen (secondary N) is 2. The molecule has 10 heteroatoms. The highest BCUT2D eigenvalue weighted by Crippen LogP contribution is 2.25. The standard InChI is InChI=1S/C29H35N3O7/c1-18(38-29(35)39-25-5-3-2-4-6-25)37-26(33)16-22-15-23(32-28(22)34)17-36-24-13-11-20(12-14-24)19-7-9-21(10-8-19)27(30)31/h7-14,18,22-23,25H,2-6,15-17H2,1H3,(H3,30,31)(H,32,34)/t18?,22-,23-/m0/s1. The van der Waals surface area contributed by atoms with Gasteiger partial charge in [0.05, 0.1) is 18.4 Å². The summed E-state index contributed by atoms with van der Waals surface area (Å²) in [6.07, 6.45) is 2.99. The van der Waals surface area contributed by atoms with Gasteiger partial charge in [-0.05, 0) is 55.4 Å². The number of carbonyl (C=O) groups excluding carboxylic acids is 3. The van der Waals surface area contributed by atoms with E-state index in [1.165, 1.54) is 6.92 Å². The third-order valence-electron chi connectivity index (χ3n) is 6.91.